The zero-order chi connectivity index (χ0) is 11.1. The monoisotopic (exact) mass is 243 g/mol. The molecule has 15 heavy (non-hydrogen) atoms. The topological polar surface area (TPSA) is 12.0 Å². The van der Waals surface area contributed by atoms with Crippen molar-refractivity contribution in [2.75, 3.05) is 0 Å². The van der Waals surface area contributed by atoms with Crippen LogP contribution in [0.4, 0.5) is 0 Å². The normalized spacial score (nSPS) is 22.8. The van der Waals surface area contributed by atoms with Crippen LogP contribution in [0.25, 0.3) is 0 Å². The minimum atomic E-state index is 0.461. The van der Waals surface area contributed by atoms with E-state index in [4.69, 9.17) is 23.2 Å². The summed E-state index contributed by atoms with van der Waals surface area (Å²) in [5.74, 6) is 0. The molecule has 1 aliphatic rings. The van der Waals surface area contributed by atoms with Crippen LogP contribution >= 0.6 is 23.2 Å². The summed E-state index contributed by atoms with van der Waals surface area (Å²) in [5, 5.41) is 4.91. The minimum absolute atomic E-state index is 0.461. The molecule has 0 aromatic heterocycles. The molecule has 1 aromatic carbocycles. The highest BCUT2D eigenvalue weighted by Gasteiger charge is 2.44. The van der Waals surface area contributed by atoms with Gasteiger partial charge in [-0.2, -0.15) is 0 Å². The van der Waals surface area contributed by atoms with Crippen molar-refractivity contribution in [3.05, 3.63) is 33.8 Å². The van der Waals surface area contributed by atoms with Gasteiger partial charge >= 0.3 is 0 Å². The molecule has 0 spiro atoms. The molecular weight excluding hydrogens is 229 g/mol. The van der Waals surface area contributed by atoms with Gasteiger partial charge in [0.15, 0.2) is 0 Å². The van der Waals surface area contributed by atoms with Crippen LogP contribution in [0.15, 0.2) is 18.2 Å². The maximum Gasteiger partial charge on any atom is 0.0424 e. The van der Waals surface area contributed by atoms with Crippen molar-refractivity contribution >= 4 is 23.2 Å². The standard InChI is InChI=1S/C12H15Cl2N/c1-12(2)6-11(12)15-7-8-3-9(13)5-10(14)4-8/h3-5,11,15H,6-7H2,1-2H3. The van der Waals surface area contributed by atoms with Crippen molar-refractivity contribution < 1.29 is 0 Å². The summed E-state index contributed by atoms with van der Waals surface area (Å²) < 4.78 is 0. The number of benzene rings is 1. The summed E-state index contributed by atoms with van der Waals surface area (Å²) in [5.41, 5.74) is 1.61. The SMILES string of the molecule is CC1(C)CC1NCc1cc(Cl)cc(Cl)c1. The molecule has 2 rings (SSSR count). The molecule has 1 N–H and O–H groups in total. The summed E-state index contributed by atoms with van der Waals surface area (Å²) in [6.07, 6.45) is 1.25. The molecule has 0 heterocycles. The Labute approximate surface area is 101 Å². The van der Waals surface area contributed by atoms with E-state index in [1.165, 1.54) is 6.42 Å². The number of nitrogens with one attached hydrogen (secondary N) is 1. The van der Waals surface area contributed by atoms with Gasteiger partial charge in [0, 0.05) is 22.6 Å². The van der Waals surface area contributed by atoms with E-state index < -0.39 is 0 Å². The van der Waals surface area contributed by atoms with Crippen LogP contribution in [-0.2, 0) is 6.54 Å². The highest BCUT2D eigenvalue weighted by Crippen LogP contribution is 2.44. The molecular formula is C12H15Cl2N. The summed E-state index contributed by atoms with van der Waals surface area (Å²) >= 11 is 11.8. The first-order valence-corrected chi connectivity index (χ1v) is 5.91. The fourth-order valence-corrected chi connectivity index (χ4v) is 2.34. The van der Waals surface area contributed by atoms with Gasteiger partial charge in [-0.05, 0) is 35.6 Å². The van der Waals surface area contributed by atoms with Crippen LogP contribution in [0.5, 0.6) is 0 Å². The third-order valence-electron chi connectivity index (χ3n) is 2.99. The predicted molar refractivity (Wildman–Crippen MR) is 65.5 cm³/mol. The third kappa shape index (κ3) is 2.87. The van der Waals surface area contributed by atoms with Gasteiger partial charge in [-0.15, -0.1) is 0 Å². The molecule has 82 valence electrons. The fraction of sp³-hybridized carbons (Fsp3) is 0.500. The van der Waals surface area contributed by atoms with Crippen LogP contribution in [0.1, 0.15) is 25.8 Å². The van der Waals surface area contributed by atoms with Gasteiger partial charge in [0.05, 0.1) is 0 Å². The zero-order valence-corrected chi connectivity index (χ0v) is 10.5. The Morgan fingerprint density at radius 3 is 2.27 bits per heavy atom. The molecule has 0 radical (unpaired) electrons. The van der Waals surface area contributed by atoms with E-state index in [2.05, 4.69) is 19.2 Å². The molecule has 0 aliphatic heterocycles. The average Bonchev–Trinajstić information content (AvgIpc) is 2.69. The van der Waals surface area contributed by atoms with E-state index in [0.717, 1.165) is 12.1 Å². The summed E-state index contributed by atoms with van der Waals surface area (Å²) in [7, 11) is 0. The number of rotatable bonds is 3. The maximum absolute atomic E-state index is 5.92. The van der Waals surface area contributed by atoms with E-state index in [0.29, 0.717) is 21.5 Å². The second kappa shape index (κ2) is 3.97. The molecule has 1 nitrogen and oxygen atoms in total. The van der Waals surface area contributed by atoms with Crippen LogP contribution in [0.3, 0.4) is 0 Å². The Balaban J connectivity index is 1.94. The highest BCUT2D eigenvalue weighted by molar-refractivity contribution is 6.34. The molecule has 1 atom stereocenters. The van der Waals surface area contributed by atoms with Gasteiger partial charge in [0.1, 0.15) is 0 Å². The fourth-order valence-electron chi connectivity index (χ4n) is 1.77. The Kier molecular flexibility index (Phi) is 2.98. The lowest BCUT2D eigenvalue weighted by molar-refractivity contribution is 0.542. The van der Waals surface area contributed by atoms with E-state index in [9.17, 15) is 0 Å². The zero-order valence-electron chi connectivity index (χ0n) is 8.98. The summed E-state index contributed by atoms with van der Waals surface area (Å²) in [6, 6.07) is 6.30. The van der Waals surface area contributed by atoms with Crippen LogP contribution in [0, 0.1) is 5.41 Å². The number of hydrogen-bond acceptors (Lipinski definition) is 1. The first-order chi connectivity index (χ1) is 6.97. The van der Waals surface area contributed by atoms with Crippen LogP contribution < -0.4 is 5.32 Å². The first-order valence-electron chi connectivity index (χ1n) is 5.16. The molecule has 0 amide bonds. The van der Waals surface area contributed by atoms with E-state index in [1.807, 2.05) is 12.1 Å². The highest BCUT2D eigenvalue weighted by atomic mass is 35.5. The molecule has 0 saturated heterocycles. The number of hydrogen-bond donors (Lipinski definition) is 1. The van der Waals surface area contributed by atoms with Gasteiger partial charge in [-0.1, -0.05) is 37.0 Å². The van der Waals surface area contributed by atoms with Gasteiger partial charge in [-0.25, -0.2) is 0 Å². The smallest absolute Gasteiger partial charge is 0.0424 e. The second-order valence-corrected chi connectivity index (χ2v) is 5.78. The van der Waals surface area contributed by atoms with E-state index >= 15 is 0 Å². The lowest BCUT2D eigenvalue weighted by Crippen LogP contribution is -2.19. The van der Waals surface area contributed by atoms with Gasteiger partial charge < -0.3 is 5.32 Å². The lowest BCUT2D eigenvalue weighted by Gasteiger charge is -2.07. The van der Waals surface area contributed by atoms with Crippen LogP contribution in [0.2, 0.25) is 10.0 Å². The van der Waals surface area contributed by atoms with E-state index in [-0.39, 0.29) is 0 Å². The van der Waals surface area contributed by atoms with Gasteiger partial charge in [0.2, 0.25) is 0 Å². The molecule has 1 aliphatic carbocycles. The molecule has 3 heteroatoms. The minimum Gasteiger partial charge on any atom is -0.309 e. The van der Waals surface area contributed by atoms with Crippen molar-refractivity contribution in [3.63, 3.8) is 0 Å². The predicted octanol–water partition coefficient (Wildman–Crippen LogP) is 3.88. The molecule has 1 aromatic rings. The lowest BCUT2D eigenvalue weighted by atomic mass is 10.2. The Morgan fingerprint density at radius 2 is 1.80 bits per heavy atom. The molecule has 0 bridgehead atoms. The molecule has 1 fully saturated rings. The average molecular weight is 244 g/mol. The van der Waals surface area contributed by atoms with E-state index in [1.54, 1.807) is 6.07 Å². The number of halogens is 2. The van der Waals surface area contributed by atoms with Crippen molar-refractivity contribution in [1.82, 2.24) is 5.32 Å². The molecule has 1 unspecified atom stereocenters. The van der Waals surface area contributed by atoms with Crippen molar-refractivity contribution in [2.24, 2.45) is 5.41 Å². The third-order valence-corrected chi connectivity index (χ3v) is 3.42. The first kappa shape index (κ1) is 11.3. The quantitative estimate of drug-likeness (QED) is 0.850. The van der Waals surface area contributed by atoms with Crippen molar-refractivity contribution in [3.8, 4) is 0 Å². The van der Waals surface area contributed by atoms with Gasteiger partial charge in [0.25, 0.3) is 0 Å². The van der Waals surface area contributed by atoms with Crippen molar-refractivity contribution in [2.45, 2.75) is 32.9 Å². The molecule has 1 saturated carbocycles. The largest absolute Gasteiger partial charge is 0.309 e. The Hall–Kier alpha value is -0.240. The van der Waals surface area contributed by atoms with Crippen molar-refractivity contribution in [1.29, 1.82) is 0 Å². The summed E-state index contributed by atoms with van der Waals surface area (Å²) in [4.78, 5) is 0. The second-order valence-electron chi connectivity index (χ2n) is 4.90. The van der Waals surface area contributed by atoms with Gasteiger partial charge in [-0.3, -0.25) is 0 Å². The van der Waals surface area contributed by atoms with Crippen LogP contribution in [-0.4, -0.2) is 6.04 Å². The Morgan fingerprint density at radius 1 is 1.27 bits per heavy atom. The Bertz CT molecular complexity index is 354. The summed E-state index contributed by atoms with van der Waals surface area (Å²) in [6.45, 7) is 5.39. The maximum atomic E-state index is 5.92.